The standard InChI is InChI=1S/C18H19FN4O2/c19-14-6-2-1-4-11(14)8-13(20)10-16(24)22-15-9-12-5-3-7-21-17(12)23-18(15)25/h1-7,13,15H,8-10,20H2,(H,22,24)(H,21,23,25). The zero-order valence-electron chi connectivity index (χ0n) is 13.5. The normalized spacial score (nSPS) is 17.4. The van der Waals surface area contributed by atoms with Gasteiger partial charge in [0.1, 0.15) is 17.7 Å². The average Bonchev–Trinajstić information content (AvgIpc) is 2.57. The Morgan fingerprint density at radius 1 is 1.36 bits per heavy atom. The summed E-state index contributed by atoms with van der Waals surface area (Å²) in [5.74, 6) is -0.457. The number of nitrogens with one attached hydrogen (secondary N) is 2. The third kappa shape index (κ3) is 4.19. The summed E-state index contributed by atoms with van der Waals surface area (Å²) in [6, 6.07) is 8.77. The molecule has 1 aliphatic heterocycles. The lowest BCUT2D eigenvalue weighted by Crippen LogP contribution is -2.49. The van der Waals surface area contributed by atoms with Crippen molar-refractivity contribution in [3.8, 4) is 0 Å². The van der Waals surface area contributed by atoms with Crippen molar-refractivity contribution in [2.24, 2.45) is 5.73 Å². The first-order chi connectivity index (χ1) is 12.0. The second-order valence-corrected chi connectivity index (χ2v) is 6.08. The highest BCUT2D eigenvalue weighted by Gasteiger charge is 2.28. The van der Waals surface area contributed by atoms with Crippen LogP contribution >= 0.6 is 0 Å². The van der Waals surface area contributed by atoms with Crippen molar-refractivity contribution in [2.45, 2.75) is 31.3 Å². The number of hydrogen-bond acceptors (Lipinski definition) is 4. The predicted molar refractivity (Wildman–Crippen MR) is 91.2 cm³/mol. The number of rotatable bonds is 5. The first-order valence-electron chi connectivity index (χ1n) is 8.06. The summed E-state index contributed by atoms with van der Waals surface area (Å²) in [5.41, 5.74) is 7.29. The third-order valence-electron chi connectivity index (χ3n) is 4.10. The van der Waals surface area contributed by atoms with E-state index in [1.807, 2.05) is 6.07 Å². The van der Waals surface area contributed by atoms with Crippen LogP contribution in [0.1, 0.15) is 17.5 Å². The summed E-state index contributed by atoms with van der Waals surface area (Å²) in [7, 11) is 0. The second-order valence-electron chi connectivity index (χ2n) is 6.08. The minimum absolute atomic E-state index is 0.0119. The summed E-state index contributed by atoms with van der Waals surface area (Å²) in [6.07, 6.45) is 2.24. The van der Waals surface area contributed by atoms with Gasteiger partial charge in [-0.05, 0) is 29.7 Å². The van der Waals surface area contributed by atoms with Gasteiger partial charge in [-0.1, -0.05) is 24.3 Å². The molecule has 1 aromatic heterocycles. The molecule has 1 aliphatic rings. The van der Waals surface area contributed by atoms with E-state index in [9.17, 15) is 14.0 Å². The maximum absolute atomic E-state index is 13.6. The molecule has 25 heavy (non-hydrogen) atoms. The average molecular weight is 342 g/mol. The van der Waals surface area contributed by atoms with Gasteiger partial charge in [0.15, 0.2) is 0 Å². The molecule has 0 fully saturated rings. The molecule has 0 saturated carbocycles. The number of benzene rings is 1. The van der Waals surface area contributed by atoms with E-state index in [4.69, 9.17) is 5.73 Å². The van der Waals surface area contributed by atoms with Gasteiger partial charge in [-0.15, -0.1) is 0 Å². The Labute approximate surface area is 144 Å². The summed E-state index contributed by atoms with van der Waals surface area (Å²) >= 11 is 0. The van der Waals surface area contributed by atoms with Crippen LogP contribution in [0, 0.1) is 5.82 Å². The fourth-order valence-electron chi connectivity index (χ4n) is 2.86. The van der Waals surface area contributed by atoms with E-state index in [0.29, 0.717) is 17.8 Å². The van der Waals surface area contributed by atoms with Gasteiger partial charge in [-0.2, -0.15) is 0 Å². The van der Waals surface area contributed by atoms with Crippen LogP contribution in [0.25, 0.3) is 0 Å². The lowest BCUT2D eigenvalue weighted by Gasteiger charge is -2.25. The summed E-state index contributed by atoms with van der Waals surface area (Å²) < 4.78 is 13.6. The minimum atomic E-state index is -0.662. The minimum Gasteiger partial charge on any atom is -0.344 e. The highest BCUT2D eigenvalue weighted by molar-refractivity contribution is 5.99. The van der Waals surface area contributed by atoms with Crippen LogP contribution in [-0.4, -0.2) is 28.9 Å². The molecule has 0 aliphatic carbocycles. The van der Waals surface area contributed by atoms with Gasteiger partial charge >= 0.3 is 0 Å². The maximum Gasteiger partial charge on any atom is 0.248 e. The Kier molecular flexibility index (Phi) is 5.04. The molecule has 2 atom stereocenters. The Bertz CT molecular complexity index is 796. The van der Waals surface area contributed by atoms with Gasteiger partial charge in [-0.25, -0.2) is 9.37 Å². The van der Waals surface area contributed by atoms with Gasteiger partial charge in [0.25, 0.3) is 0 Å². The van der Waals surface area contributed by atoms with Crippen LogP contribution in [0.15, 0.2) is 42.6 Å². The number of halogens is 1. The second kappa shape index (κ2) is 7.40. The third-order valence-corrected chi connectivity index (χ3v) is 4.10. The summed E-state index contributed by atoms with van der Waals surface area (Å²) in [6.45, 7) is 0. The summed E-state index contributed by atoms with van der Waals surface area (Å²) in [4.78, 5) is 28.3. The van der Waals surface area contributed by atoms with Crippen LogP contribution in [0.5, 0.6) is 0 Å². The molecule has 3 rings (SSSR count). The fraction of sp³-hybridized carbons (Fsp3) is 0.278. The zero-order valence-corrected chi connectivity index (χ0v) is 13.5. The molecular weight excluding hydrogens is 323 g/mol. The van der Waals surface area contributed by atoms with Crippen molar-refractivity contribution >= 4 is 17.6 Å². The van der Waals surface area contributed by atoms with Crippen LogP contribution in [-0.2, 0) is 22.4 Å². The molecule has 130 valence electrons. The zero-order chi connectivity index (χ0) is 17.8. The number of amides is 2. The van der Waals surface area contributed by atoms with Gasteiger partial charge in [0.05, 0.1) is 0 Å². The number of pyridine rings is 1. The fourth-order valence-corrected chi connectivity index (χ4v) is 2.86. The number of aromatic nitrogens is 1. The van der Waals surface area contributed by atoms with Gasteiger partial charge in [-0.3, -0.25) is 9.59 Å². The number of hydrogen-bond donors (Lipinski definition) is 3. The van der Waals surface area contributed by atoms with Crippen LogP contribution in [0.4, 0.5) is 10.2 Å². The first-order valence-corrected chi connectivity index (χ1v) is 8.06. The number of nitrogens with two attached hydrogens (primary N) is 1. The molecule has 6 nitrogen and oxygen atoms in total. The number of anilines is 1. The van der Waals surface area contributed by atoms with E-state index in [1.54, 1.807) is 30.5 Å². The molecule has 2 heterocycles. The van der Waals surface area contributed by atoms with Crippen molar-refractivity contribution < 1.29 is 14.0 Å². The maximum atomic E-state index is 13.6. The molecule has 0 bridgehead atoms. The SMILES string of the molecule is NC(CC(=O)NC1Cc2cccnc2NC1=O)Cc1ccccc1F. The lowest BCUT2D eigenvalue weighted by molar-refractivity contribution is -0.126. The molecule has 2 aromatic rings. The number of carbonyl (C=O) groups is 2. The quantitative estimate of drug-likeness (QED) is 0.759. The molecule has 1 aromatic carbocycles. The predicted octanol–water partition coefficient (Wildman–Crippen LogP) is 1.16. The van der Waals surface area contributed by atoms with E-state index in [0.717, 1.165) is 5.56 Å². The van der Waals surface area contributed by atoms with Gasteiger partial charge in [0.2, 0.25) is 11.8 Å². The molecular formula is C18H19FN4O2. The Morgan fingerprint density at radius 3 is 2.96 bits per heavy atom. The van der Waals surface area contributed by atoms with E-state index in [-0.39, 0.29) is 30.5 Å². The van der Waals surface area contributed by atoms with Gasteiger partial charge < -0.3 is 16.4 Å². The molecule has 0 radical (unpaired) electrons. The van der Waals surface area contributed by atoms with Gasteiger partial charge in [0, 0.05) is 25.1 Å². The number of carbonyl (C=O) groups excluding carboxylic acids is 2. The number of fused-ring (bicyclic) bond motifs is 1. The Morgan fingerprint density at radius 2 is 2.16 bits per heavy atom. The van der Waals surface area contributed by atoms with Crippen molar-refractivity contribution in [3.63, 3.8) is 0 Å². The van der Waals surface area contributed by atoms with Crippen molar-refractivity contribution in [1.82, 2.24) is 10.3 Å². The Balaban J connectivity index is 1.56. The Hall–Kier alpha value is -2.80. The monoisotopic (exact) mass is 342 g/mol. The molecule has 0 saturated heterocycles. The van der Waals surface area contributed by atoms with Crippen LogP contribution in [0.3, 0.4) is 0 Å². The number of nitrogens with zero attached hydrogens (tertiary/aromatic N) is 1. The summed E-state index contributed by atoms with van der Waals surface area (Å²) in [5, 5.41) is 5.36. The van der Waals surface area contributed by atoms with Crippen molar-refractivity contribution in [1.29, 1.82) is 0 Å². The van der Waals surface area contributed by atoms with Crippen molar-refractivity contribution in [2.75, 3.05) is 5.32 Å². The van der Waals surface area contributed by atoms with E-state index < -0.39 is 12.1 Å². The topological polar surface area (TPSA) is 97.1 Å². The molecule has 2 amide bonds. The van der Waals surface area contributed by atoms with E-state index in [1.165, 1.54) is 6.07 Å². The molecule has 0 spiro atoms. The van der Waals surface area contributed by atoms with Crippen LogP contribution in [0.2, 0.25) is 0 Å². The smallest absolute Gasteiger partial charge is 0.248 e. The first kappa shape index (κ1) is 17.0. The van der Waals surface area contributed by atoms with Crippen LogP contribution < -0.4 is 16.4 Å². The lowest BCUT2D eigenvalue weighted by atomic mass is 10.0. The highest BCUT2D eigenvalue weighted by atomic mass is 19.1. The highest BCUT2D eigenvalue weighted by Crippen LogP contribution is 2.19. The molecule has 2 unspecified atom stereocenters. The van der Waals surface area contributed by atoms with E-state index >= 15 is 0 Å². The van der Waals surface area contributed by atoms with Crippen molar-refractivity contribution in [3.05, 3.63) is 59.5 Å². The molecule has 7 heteroatoms. The van der Waals surface area contributed by atoms with E-state index in [2.05, 4.69) is 15.6 Å². The largest absolute Gasteiger partial charge is 0.344 e. The molecule has 4 N–H and O–H groups in total.